The molecule has 0 aliphatic rings. The van der Waals surface area contributed by atoms with E-state index in [0.29, 0.717) is 0 Å². The summed E-state index contributed by atoms with van der Waals surface area (Å²) in [5.74, 6) is -0.455. The normalized spacial score (nSPS) is 9.42. The fourth-order valence-electron chi connectivity index (χ4n) is 1.28. The average Bonchev–Trinajstić information content (AvgIpc) is 2.38. The van der Waals surface area contributed by atoms with E-state index in [4.69, 9.17) is 4.74 Å². The van der Waals surface area contributed by atoms with Gasteiger partial charge in [-0.05, 0) is 24.1 Å². The summed E-state index contributed by atoms with van der Waals surface area (Å²) in [6.07, 6.45) is 2.72. The molecule has 0 N–H and O–H groups in total. The Labute approximate surface area is 109 Å². The largest absolute Gasteiger partial charge is 0.462 e. The molecule has 19 heavy (non-hydrogen) atoms. The fraction of sp³-hybridized carbons (Fsp3) is 0.308. The Bertz CT molecular complexity index is 568. The molecular weight excluding hydrogens is 248 g/mol. The Morgan fingerprint density at radius 1 is 1.26 bits per heavy atom. The Morgan fingerprint density at radius 2 is 1.95 bits per heavy atom. The van der Waals surface area contributed by atoms with Gasteiger partial charge < -0.3 is 4.74 Å². The van der Waals surface area contributed by atoms with Crippen LogP contribution in [0, 0.1) is 5.92 Å². The van der Waals surface area contributed by atoms with Gasteiger partial charge in [-0.3, -0.25) is 0 Å². The summed E-state index contributed by atoms with van der Waals surface area (Å²) in [6, 6.07) is 4.12. The topological polar surface area (TPSA) is 85.2 Å². The van der Waals surface area contributed by atoms with E-state index in [-0.39, 0.29) is 29.5 Å². The third-order valence-corrected chi connectivity index (χ3v) is 2.09. The van der Waals surface area contributed by atoms with Crippen molar-refractivity contribution in [2.24, 2.45) is 15.9 Å². The van der Waals surface area contributed by atoms with Crippen molar-refractivity contribution in [1.29, 1.82) is 0 Å². The number of carbonyl (C=O) groups excluding carboxylic acids is 3. The van der Waals surface area contributed by atoms with Crippen LogP contribution in [0.5, 0.6) is 0 Å². The molecule has 1 aromatic rings. The SMILES string of the molecule is CC(C)COC(=O)c1cc(N=C=O)ccc1N=C=O. The smallest absolute Gasteiger partial charge is 0.340 e. The molecule has 0 aliphatic carbocycles. The van der Waals surface area contributed by atoms with Crippen molar-refractivity contribution in [3.8, 4) is 0 Å². The van der Waals surface area contributed by atoms with Crippen LogP contribution in [0.4, 0.5) is 11.4 Å². The van der Waals surface area contributed by atoms with Crippen molar-refractivity contribution in [2.75, 3.05) is 6.61 Å². The molecule has 0 heterocycles. The van der Waals surface area contributed by atoms with Crippen LogP contribution in [0.3, 0.4) is 0 Å². The number of aliphatic imine (C=N–C) groups is 2. The second-order valence-electron chi connectivity index (χ2n) is 4.10. The molecule has 0 saturated carbocycles. The molecule has 6 heteroatoms. The number of hydrogen-bond acceptors (Lipinski definition) is 6. The second kappa shape index (κ2) is 7.01. The van der Waals surface area contributed by atoms with Gasteiger partial charge in [0, 0.05) is 0 Å². The molecule has 0 bridgehead atoms. The standard InChI is InChI=1S/C13H12N2O4/c1-9(2)6-19-13(18)11-5-10(14-7-16)3-4-12(11)15-8-17/h3-5,9H,6H2,1-2H3. The number of ether oxygens (including phenoxy) is 1. The maximum Gasteiger partial charge on any atom is 0.340 e. The van der Waals surface area contributed by atoms with Crippen LogP contribution in [0.1, 0.15) is 24.2 Å². The Hall–Kier alpha value is -2.55. The maximum atomic E-state index is 11.8. The van der Waals surface area contributed by atoms with Gasteiger partial charge in [-0.2, -0.15) is 9.98 Å². The van der Waals surface area contributed by atoms with Crippen LogP contribution in [0.15, 0.2) is 28.2 Å². The number of isocyanates is 2. The van der Waals surface area contributed by atoms with Crippen molar-refractivity contribution in [3.05, 3.63) is 23.8 Å². The highest BCUT2D eigenvalue weighted by Crippen LogP contribution is 2.25. The average molecular weight is 260 g/mol. The van der Waals surface area contributed by atoms with Crippen molar-refractivity contribution >= 4 is 29.5 Å². The lowest BCUT2D eigenvalue weighted by molar-refractivity contribution is 0.0460. The molecule has 1 rings (SSSR count). The summed E-state index contributed by atoms with van der Waals surface area (Å²) >= 11 is 0. The molecule has 0 radical (unpaired) electrons. The van der Waals surface area contributed by atoms with Gasteiger partial charge in [0.2, 0.25) is 12.2 Å². The van der Waals surface area contributed by atoms with E-state index in [1.807, 2.05) is 13.8 Å². The van der Waals surface area contributed by atoms with Gasteiger partial charge in [0.25, 0.3) is 0 Å². The molecule has 0 unspecified atom stereocenters. The van der Waals surface area contributed by atoms with Gasteiger partial charge >= 0.3 is 5.97 Å². The summed E-state index contributed by atoms with van der Waals surface area (Å²) in [7, 11) is 0. The number of rotatable bonds is 5. The second-order valence-corrected chi connectivity index (χ2v) is 4.10. The first kappa shape index (κ1) is 14.5. The van der Waals surface area contributed by atoms with Crippen LogP contribution >= 0.6 is 0 Å². The predicted octanol–water partition coefficient (Wildman–Crippen LogP) is 2.43. The molecule has 0 saturated heterocycles. The zero-order valence-electron chi connectivity index (χ0n) is 10.5. The first-order valence-electron chi connectivity index (χ1n) is 5.55. The zero-order valence-corrected chi connectivity index (χ0v) is 10.5. The minimum absolute atomic E-state index is 0.0560. The fourth-order valence-corrected chi connectivity index (χ4v) is 1.28. The van der Waals surface area contributed by atoms with Crippen molar-refractivity contribution < 1.29 is 19.1 Å². The molecule has 6 nitrogen and oxygen atoms in total. The molecule has 0 fully saturated rings. The van der Waals surface area contributed by atoms with E-state index < -0.39 is 5.97 Å². The highest BCUT2D eigenvalue weighted by Gasteiger charge is 2.14. The number of nitrogens with zero attached hydrogens (tertiary/aromatic N) is 2. The number of esters is 1. The molecule has 0 atom stereocenters. The molecule has 1 aromatic carbocycles. The van der Waals surface area contributed by atoms with E-state index in [9.17, 15) is 14.4 Å². The van der Waals surface area contributed by atoms with Gasteiger partial charge in [0.05, 0.1) is 23.5 Å². The monoisotopic (exact) mass is 260 g/mol. The predicted molar refractivity (Wildman–Crippen MR) is 67.1 cm³/mol. The number of benzene rings is 1. The lowest BCUT2D eigenvalue weighted by Gasteiger charge is -2.08. The van der Waals surface area contributed by atoms with E-state index in [0.717, 1.165) is 0 Å². The Kier molecular flexibility index (Phi) is 5.35. The molecule has 0 spiro atoms. The molecule has 0 amide bonds. The van der Waals surface area contributed by atoms with E-state index in [1.165, 1.54) is 30.4 Å². The highest BCUT2D eigenvalue weighted by atomic mass is 16.5. The first-order valence-corrected chi connectivity index (χ1v) is 5.55. The zero-order chi connectivity index (χ0) is 14.3. The Morgan fingerprint density at radius 3 is 2.53 bits per heavy atom. The summed E-state index contributed by atoms with van der Waals surface area (Å²) in [4.78, 5) is 39.1. The van der Waals surface area contributed by atoms with Gasteiger partial charge in [0.15, 0.2) is 0 Å². The Balaban J connectivity index is 3.12. The van der Waals surface area contributed by atoms with Gasteiger partial charge in [-0.1, -0.05) is 13.8 Å². The minimum Gasteiger partial charge on any atom is -0.462 e. The van der Waals surface area contributed by atoms with Crippen LogP contribution in [-0.4, -0.2) is 24.7 Å². The summed E-state index contributed by atoms with van der Waals surface area (Å²) in [6.45, 7) is 4.03. The summed E-state index contributed by atoms with van der Waals surface area (Å²) < 4.78 is 5.04. The number of carbonyl (C=O) groups is 1. The van der Waals surface area contributed by atoms with Crippen LogP contribution in [0.25, 0.3) is 0 Å². The molecule has 0 aromatic heterocycles. The van der Waals surface area contributed by atoms with Crippen molar-refractivity contribution in [3.63, 3.8) is 0 Å². The molecule has 98 valence electrons. The first-order chi connectivity index (χ1) is 9.08. The maximum absolute atomic E-state index is 11.8. The summed E-state index contributed by atoms with van der Waals surface area (Å²) in [5, 5.41) is 0. The van der Waals surface area contributed by atoms with Gasteiger partial charge in [-0.25, -0.2) is 14.4 Å². The lowest BCUT2D eigenvalue weighted by Crippen LogP contribution is -2.10. The highest BCUT2D eigenvalue weighted by molar-refractivity contribution is 5.96. The minimum atomic E-state index is -0.634. The van der Waals surface area contributed by atoms with E-state index >= 15 is 0 Å². The molecule has 0 aliphatic heterocycles. The van der Waals surface area contributed by atoms with Crippen LogP contribution in [-0.2, 0) is 14.3 Å². The number of hydrogen-bond donors (Lipinski definition) is 0. The quantitative estimate of drug-likeness (QED) is 0.462. The van der Waals surface area contributed by atoms with E-state index in [2.05, 4.69) is 9.98 Å². The van der Waals surface area contributed by atoms with Gasteiger partial charge in [0.1, 0.15) is 0 Å². The summed E-state index contributed by atoms with van der Waals surface area (Å²) in [5.41, 5.74) is 0.408. The van der Waals surface area contributed by atoms with Crippen LogP contribution < -0.4 is 0 Å². The van der Waals surface area contributed by atoms with Crippen molar-refractivity contribution in [1.82, 2.24) is 0 Å². The molecular formula is C13H12N2O4. The van der Waals surface area contributed by atoms with E-state index in [1.54, 1.807) is 0 Å². The van der Waals surface area contributed by atoms with Gasteiger partial charge in [-0.15, -0.1) is 0 Å². The van der Waals surface area contributed by atoms with Crippen molar-refractivity contribution in [2.45, 2.75) is 13.8 Å². The third-order valence-electron chi connectivity index (χ3n) is 2.09. The lowest BCUT2D eigenvalue weighted by atomic mass is 10.1. The third kappa shape index (κ3) is 4.32. The van der Waals surface area contributed by atoms with Crippen LogP contribution in [0.2, 0.25) is 0 Å².